The third-order valence-electron chi connectivity index (χ3n) is 2.08. The summed E-state index contributed by atoms with van der Waals surface area (Å²) < 4.78 is 0. The zero-order chi connectivity index (χ0) is 13.4. The number of rotatable bonds is 6. The van der Waals surface area contributed by atoms with Crippen molar-refractivity contribution in [3.63, 3.8) is 0 Å². The van der Waals surface area contributed by atoms with Crippen LogP contribution in [0.4, 0.5) is 0 Å². The fraction of sp³-hybridized carbons (Fsp3) is 0.250. The van der Waals surface area contributed by atoms with Gasteiger partial charge in [-0.1, -0.05) is 30.3 Å². The minimum atomic E-state index is -1.11. The highest BCUT2D eigenvalue weighted by molar-refractivity contribution is 8.00. The summed E-state index contributed by atoms with van der Waals surface area (Å²) >= 11 is 1.14. The van der Waals surface area contributed by atoms with Gasteiger partial charge in [-0.05, 0) is 5.56 Å². The molecular formula is C12H12N2O3S. The van der Waals surface area contributed by atoms with E-state index >= 15 is 0 Å². The lowest BCUT2D eigenvalue weighted by Crippen LogP contribution is -2.34. The molecule has 0 bridgehead atoms. The van der Waals surface area contributed by atoms with Crippen LogP contribution >= 0.6 is 11.8 Å². The second-order valence-corrected chi connectivity index (χ2v) is 4.39. The Balaban J connectivity index is 2.63. The molecule has 1 rings (SSSR count). The molecule has 94 valence electrons. The van der Waals surface area contributed by atoms with Crippen molar-refractivity contribution in [2.24, 2.45) is 0 Å². The van der Waals surface area contributed by atoms with Gasteiger partial charge in [-0.2, -0.15) is 5.26 Å². The summed E-state index contributed by atoms with van der Waals surface area (Å²) in [6.45, 7) is 0. The number of carboxylic acids is 1. The van der Waals surface area contributed by atoms with Crippen molar-refractivity contribution in [1.29, 1.82) is 5.26 Å². The van der Waals surface area contributed by atoms with E-state index < -0.39 is 17.9 Å². The van der Waals surface area contributed by atoms with Crippen molar-refractivity contribution in [2.75, 3.05) is 11.5 Å². The van der Waals surface area contributed by atoms with Gasteiger partial charge in [-0.3, -0.25) is 4.79 Å². The molecule has 0 aliphatic heterocycles. The number of hydrogen-bond acceptors (Lipinski definition) is 4. The van der Waals surface area contributed by atoms with E-state index in [1.54, 1.807) is 30.3 Å². The topological polar surface area (TPSA) is 90.2 Å². The van der Waals surface area contributed by atoms with E-state index in [-0.39, 0.29) is 11.5 Å². The van der Waals surface area contributed by atoms with Crippen molar-refractivity contribution in [3.05, 3.63) is 35.9 Å². The lowest BCUT2D eigenvalue weighted by molar-refractivity contribution is -0.141. The SMILES string of the molecule is N#CCSCC(=O)NC(C(=O)O)c1ccccc1. The maximum atomic E-state index is 11.5. The Morgan fingerprint density at radius 3 is 2.61 bits per heavy atom. The van der Waals surface area contributed by atoms with Gasteiger partial charge in [-0.25, -0.2) is 4.79 Å². The van der Waals surface area contributed by atoms with E-state index in [0.717, 1.165) is 11.8 Å². The first-order chi connectivity index (χ1) is 8.65. The van der Waals surface area contributed by atoms with Gasteiger partial charge in [-0.15, -0.1) is 11.8 Å². The van der Waals surface area contributed by atoms with E-state index in [9.17, 15) is 9.59 Å². The summed E-state index contributed by atoms with van der Waals surface area (Å²) in [4.78, 5) is 22.6. The number of thioether (sulfide) groups is 1. The van der Waals surface area contributed by atoms with Crippen LogP contribution in [0.25, 0.3) is 0 Å². The number of carbonyl (C=O) groups excluding carboxylic acids is 1. The molecule has 0 aromatic heterocycles. The molecule has 0 radical (unpaired) electrons. The fourth-order valence-corrected chi connectivity index (χ4v) is 1.79. The van der Waals surface area contributed by atoms with E-state index in [2.05, 4.69) is 5.32 Å². The highest BCUT2D eigenvalue weighted by Gasteiger charge is 2.21. The smallest absolute Gasteiger partial charge is 0.330 e. The molecule has 0 aliphatic carbocycles. The number of amides is 1. The quantitative estimate of drug-likeness (QED) is 0.753. The second-order valence-electron chi connectivity index (χ2n) is 3.40. The van der Waals surface area contributed by atoms with Crippen LogP contribution in [0, 0.1) is 11.3 Å². The number of carboxylic acid groups (broad SMARTS) is 1. The predicted octanol–water partition coefficient (Wildman–Crippen LogP) is 1.19. The molecule has 1 atom stereocenters. The third-order valence-corrected chi connectivity index (χ3v) is 2.88. The van der Waals surface area contributed by atoms with E-state index in [1.165, 1.54) is 0 Å². The highest BCUT2D eigenvalue weighted by atomic mass is 32.2. The lowest BCUT2D eigenvalue weighted by Gasteiger charge is -2.14. The van der Waals surface area contributed by atoms with Crippen LogP contribution in [-0.4, -0.2) is 28.5 Å². The zero-order valence-corrected chi connectivity index (χ0v) is 10.3. The van der Waals surface area contributed by atoms with Crippen LogP contribution in [-0.2, 0) is 9.59 Å². The van der Waals surface area contributed by atoms with Gasteiger partial charge < -0.3 is 10.4 Å². The van der Waals surface area contributed by atoms with Crippen LogP contribution in [0.15, 0.2) is 30.3 Å². The first-order valence-corrected chi connectivity index (χ1v) is 6.32. The average Bonchev–Trinajstić information content (AvgIpc) is 2.37. The van der Waals surface area contributed by atoms with Crippen LogP contribution < -0.4 is 5.32 Å². The minimum absolute atomic E-state index is 0.0736. The number of nitriles is 1. The summed E-state index contributed by atoms with van der Waals surface area (Å²) in [5, 5.41) is 19.8. The van der Waals surface area contributed by atoms with Gasteiger partial charge in [0.25, 0.3) is 0 Å². The van der Waals surface area contributed by atoms with Gasteiger partial charge in [0.2, 0.25) is 5.91 Å². The first kappa shape index (κ1) is 14.1. The molecule has 0 heterocycles. The molecule has 1 aromatic carbocycles. The third kappa shape index (κ3) is 4.47. The molecular weight excluding hydrogens is 252 g/mol. The monoisotopic (exact) mass is 264 g/mol. The number of aliphatic carboxylic acids is 1. The second kappa shape index (κ2) is 7.35. The molecule has 1 amide bonds. The van der Waals surface area contributed by atoms with Gasteiger partial charge in [0.05, 0.1) is 17.6 Å². The molecule has 18 heavy (non-hydrogen) atoms. The van der Waals surface area contributed by atoms with Crippen molar-refractivity contribution >= 4 is 23.6 Å². The summed E-state index contributed by atoms with van der Waals surface area (Å²) in [5.41, 5.74) is 0.517. The number of hydrogen-bond donors (Lipinski definition) is 2. The molecule has 0 fully saturated rings. The van der Waals surface area contributed by atoms with Gasteiger partial charge >= 0.3 is 5.97 Å². The molecule has 0 spiro atoms. The average molecular weight is 264 g/mol. The maximum Gasteiger partial charge on any atom is 0.330 e. The highest BCUT2D eigenvalue weighted by Crippen LogP contribution is 2.13. The van der Waals surface area contributed by atoms with Gasteiger partial charge in [0.1, 0.15) is 0 Å². The van der Waals surface area contributed by atoms with Crippen LogP contribution in [0.5, 0.6) is 0 Å². The minimum Gasteiger partial charge on any atom is -0.479 e. The number of benzene rings is 1. The molecule has 0 saturated heterocycles. The Kier molecular flexibility index (Phi) is 5.74. The summed E-state index contributed by atoms with van der Waals surface area (Å²) in [7, 11) is 0. The molecule has 1 unspecified atom stereocenters. The number of carbonyl (C=O) groups is 2. The summed E-state index contributed by atoms with van der Waals surface area (Å²) in [6.07, 6.45) is 0. The molecule has 0 saturated carbocycles. The van der Waals surface area contributed by atoms with Crippen LogP contribution in [0.1, 0.15) is 11.6 Å². The largest absolute Gasteiger partial charge is 0.479 e. The normalized spacial score (nSPS) is 11.3. The number of nitrogens with one attached hydrogen (secondary N) is 1. The molecule has 6 heteroatoms. The van der Waals surface area contributed by atoms with Crippen molar-refractivity contribution in [1.82, 2.24) is 5.32 Å². The fourth-order valence-electron chi connectivity index (χ4n) is 1.33. The Morgan fingerprint density at radius 1 is 1.39 bits per heavy atom. The Labute approximate surface area is 109 Å². The first-order valence-electron chi connectivity index (χ1n) is 5.17. The van der Waals surface area contributed by atoms with Crippen LogP contribution in [0.3, 0.4) is 0 Å². The number of nitrogens with zero attached hydrogens (tertiary/aromatic N) is 1. The van der Waals surface area contributed by atoms with Gasteiger partial charge in [0, 0.05) is 0 Å². The Hall–Kier alpha value is -2.00. The zero-order valence-electron chi connectivity index (χ0n) is 9.50. The lowest BCUT2D eigenvalue weighted by atomic mass is 10.1. The van der Waals surface area contributed by atoms with E-state index in [0.29, 0.717) is 5.56 Å². The maximum absolute atomic E-state index is 11.5. The Bertz CT molecular complexity index is 456. The molecule has 0 aliphatic rings. The van der Waals surface area contributed by atoms with E-state index in [1.807, 2.05) is 6.07 Å². The van der Waals surface area contributed by atoms with Crippen molar-refractivity contribution < 1.29 is 14.7 Å². The van der Waals surface area contributed by atoms with Crippen molar-refractivity contribution in [2.45, 2.75) is 6.04 Å². The van der Waals surface area contributed by atoms with Crippen molar-refractivity contribution in [3.8, 4) is 6.07 Å². The summed E-state index contributed by atoms with van der Waals surface area (Å²) in [6, 6.07) is 9.32. The predicted molar refractivity (Wildman–Crippen MR) is 67.9 cm³/mol. The molecule has 2 N–H and O–H groups in total. The summed E-state index contributed by atoms with van der Waals surface area (Å²) in [5.74, 6) is -1.23. The van der Waals surface area contributed by atoms with E-state index in [4.69, 9.17) is 10.4 Å². The molecule has 1 aromatic rings. The molecule has 5 nitrogen and oxygen atoms in total. The van der Waals surface area contributed by atoms with Gasteiger partial charge in [0.15, 0.2) is 6.04 Å². The standard InChI is InChI=1S/C12H12N2O3S/c13-6-7-18-8-10(15)14-11(12(16)17)9-4-2-1-3-5-9/h1-5,11H,7-8H2,(H,14,15)(H,16,17). The van der Waals surface area contributed by atoms with Crippen LogP contribution in [0.2, 0.25) is 0 Å². The Morgan fingerprint density at radius 2 is 2.06 bits per heavy atom.